The van der Waals surface area contributed by atoms with Crippen LogP contribution in [0.1, 0.15) is 171 Å². The predicted molar refractivity (Wildman–Crippen MR) is 510 cm³/mol. The predicted octanol–water partition coefficient (Wildman–Crippen LogP) is 3.36. The number of ether oxygens (including phenoxy) is 9. The Hall–Kier alpha value is -9.82. The first-order valence-corrected chi connectivity index (χ1v) is 46.6. The topological polar surface area (TPSA) is 408 Å². The van der Waals surface area contributed by atoms with Gasteiger partial charge in [-0.25, -0.2) is 49.2 Å². The van der Waals surface area contributed by atoms with Gasteiger partial charge in [0.25, 0.3) is 5.41 Å². The Bertz CT molecular complexity index is 5730. The number of carbonyl (C=O) groups is 9. The second-order valence-corrected chi connectivity index (χ2v) is 35.9. The van der Waals surface area contributed by atoms with Crippen LogP contribution in [0.2, 0.25) is 0 Å². The first kappa shape index (κ1) is 120. The fourth-order valence-electron chi connectivity index (χ4n) is 14.1. The zero-order chi connectivity index (χ0) is 106. The van der Waals surface area contributed by atoms with Crippen LogP contribution in [0.4, 0.5) is 30.7 Å². The van der Waals surface area contributed by atoms with Crippen molar-refractivity contribution < 1.29 is 155 Å². The number of carbonyl (C=O) groups excluding carboxylic acids is 9. The molecule has 0 aromatic heterocycles. The highest BCUT2D eigenvalue weighted by molar-refractivity contribution is 7.87. The number of esters is 9. The Labute approximate surface area is 835 Å². The molecule has 0 saturated heterocycles. The fourth-order valence-corrected chi connectivity index (χ4v) is 15.7. The zero-order valence-electron chi connectivity index (χ0n) is 76.0. The maximum absolute atomic E-state index is 14.2. The Kier molecular flexibility index (Phi) is 44.3. The standard InChI is InChI=1S/C30H30B6F2O9S.C30H24B6F2O9S.C26H23B6F3O9S/c2*1-15(30(37,38)48(42,43)44)45-27(39)18-6-19(28(40)46-25-21(11-33)2-16(9-31)3-22(25)12-34)8-20(7-18)29(41)47-26-23(13-35)4-17(10-32)5-24(26)14-36;1-25(22(36)42-19(26(33,34)35)12-45(39,40)41,23(37)43-20-15(8-29)2-13(6-27)3-16(20)9-30)24(38)44-21-17(10-31)4-14(7-28)5-18(21)11-32/h2-5,15,18-20H,6-14H2,1H3,(H,42,43,44);2-8,15H,9-14H2,1H3,(H,42,43,44);2-5,19H,6-12H2,1H3,(H,39,40,41)/p-3. The maximum atomic E-state index is 14.2. The third-order valence-corrected chi connectivity index (χ3v) is 24.5. The Balaban J connectivity index is 0.000000324. The highest BCUT2D eigenvalue weighted by Gasteiger charge is 2.58. The van der Waals surface area contributed by atoms with Gasteiger partial charge in [0.05, 0.1) is 192 Å². The van der Waals surface area contributed by atoms with E-state index in [0.717, 1.165) is 18.2 Å². The molecule has 1 aliphatic carbocycles. The number of rotatable bonds is 42. The molecule has 0 aliphatic heterocycles. The molecule has 704 valence electrons. The third-order valence-electron chi connectivity index (χ3n) is 21.8. The van der Waals surface area contributed by atoms with E-state index in [1.807, 2.05) is 0 Å². The average molecular weight is 1960 g/mol. The van der Waals surface area contributed by atoms with Gasteiger partial charge < -0.3 is 56.3 Å². The molecule has 36 radical (unpaired) electrons. The normalized spacial score (nSPS) is 14.7. The molecule has 7 aromatic rings. The molecule has 7 aromatic carbocycles. The van der Waals surface area contributed by atoms with Crippen LogP contribution in [0.25, 0.3) is 0 Å². The molecule has 0 heterocycles. The second-order valence-electron chi connectivity index (χ2n) is 31.6. The summed E-state index contributed by atoms with van der Waals surface area (Å²) in [6.45, 7) is 1.53. The average Bonchev–Trinajstić information content (AvgIpc) is 0.767. The zero-order valence-corrected chi connectivity index (χ0v) is 78.4. The first-order valence-electron chi connectivity index (χ1n) is 42.2. The van der Waals surface area contributed by atoms with Gasteiger partial charge in [0.2, 0.25) is 6.10 Å². The molecule has 141 heavy (non-hydrogen) atoms. The van der Waals surface area contributed by atoms with Crippen LogP contribution in [0.3, 0.4) is 0 Å². The number of benzene rings is 7. The van der Waals surface area contributed by atoms with Gasteiger partial charge in [-0.15, -0.1) is 0 Å². The van der Waals surface area contributed by atoms with Crippen molar-refractivity contribution in [2.75, 3.05) is 5.75 Å². The third kappa shape index (κ3) is 30.4. The van der Waals surface area contributed by atoms with Gasteiger partial charge in [0.15, 0.2) is 32.4 Å². The molecule has 0 N–H and O–H groups in total. The summed E-state index contributed by atoms with van der Waals surface area (Å²) < 4.78 is 244. The van der Waals surface area contributed by atoms with Crippen molar-refractivity contribution in [2.24, 2.45) is 23.2 Å². The van der Waals surface area contributed by atoms with Gasteiger partial charge in [-0.05, 0) is 125 Å². The number of hydrogen-bond acceptors (Lipinski definition) is 27. The smallest absolute Gasteiger partial charge is 0.426 e. The van der Waals surface area contributed by atoms with Crippen molar-refractivity contribution in [1.82, 2.24) is 0 Å². The van der Waals surface area contributed by atoms with Crippen molar-refractivity contribution in [3.05, 3.63) is 208 Å². The van der Waals surface area contributed by atoms with Gasteiger partial charge in [-0.2, -0.15) is 30.7 Å². The van der Waals surface area contributed by atoms with E-state index in [0.29, 0.717) is 98.7 Å². The minimum absolute atomic E-state index is 0.0158. The summed E-state index contributed by atoms with van der Waals surface area (Å²) in [7, 11) is 86.2. The largest absolute Gasteiger partial charge is 0.748 e. The van der Waals surface area contributed by atoms with E-state index in [2.05, 4.69) is 9.47 Å². The molecule has 5 unspecified atom stereocenters. The van der Waals surface area contributed by atoms with Crippen LogP contribution < -0.4 is 28.4 Å². The maximum Gasteiger partial charge on any atom is 0.426 e. The van der Waals surface area contributed by atoms with Crippen molar-refractivity contribution in [2.45, 2.75) is 189 Å². The molecule has 5 atom stereocenters. The molecule has 55 heteroatoms. The van der Waals surface area contributed by atoms with Crippen LogP contribution in [-0.2, 0) is 187 Å². The molecule has 1 fully saturated rings. The molecule has 0 amide bonds. The van der Waals surface area contributed by atoms with E-state index in [4.69, 9.17) is 174 Å². The minimum Gasteiger partial charge on any atom is -0.748 e. The van der Waals surface area contributed by atoms with E-state index < -0.39 is 165 Å². The molecule has 27 nitrogen and oxygen atoms in total. The first-order chi connectivity index (χ1) is 66.0. The van der Waals surface area contributed by atoms with Crippen LogP contribution in [0, 0.1) is 23.2 Å². The summed E-state index contributed by atoms with van der Waals surface area (Å²) in [5, 5.41) is -9.96. The number of halogens is 7. The van der Waals surface area contributed by atoms with Crippen molar-refractivity contribution in [1.29, 1.82) is 0 Å². The molecular weight excluding hydrogens is 1890 g/mol. The summed E-state index contributed by atoms with van der Waals surface area (Å²) >= 11 is 0. The van der Waals surface area contributed by atoms with Crippen LogP contribution in [-0.4, -0.2) is 275 Å². The summed E-state index contributed by atoms with van der Waals surface area (Å²) in [5.41, 5.74) is 2.16. The summed E-state index contributed by atoms with van der Waals surface area (Å²) in [6, 6.07) is 21.2. The minimum atomic E-state index is -6.24. The Morgan fingerprint density at radius 3 is 0.730 bits per heavy atom. The highest BCUT2D eigenvalue weighted by atomic mass is 32.2. The summed E-state index contributed by atoms with van der Waals surface area (Å²) in [6.07, 6.45) is -16.6. The van der Waals surface area contributed by atoms with E-state index in [-0.39, 0.29) is 190 Å². The van der Waals surface area contributed by atoms with E-state index >= 15 is 0 Å². The summed E-state index contributed by atoms with van der Waals surface area (Å²) in [4.78, 5) is 121. The number of hydrogen-bond donors (Lipinski definition) is 0. The lowest BCUT2D eigenvalue weighted by Crippen LogP contribution is -2.52. The summed E-state index contributed by atoms with van der Waals surface area (Å²) in [5.74, 6) is -19.6. The SMILES string of the molecule is [B]Cc1cc(C[B])c(OC(=O)C(C)(C(=O)Oc2c(C[B])cc(C[B])cc2C[B])C(=O)OC(CS(=O)(=O)[O-])C(F)(F)F)c(C[B])c1.[B]Cc1cc(C[B])c(OC(=O)C2CC(C(=O)Oc3c(C[B])cc(C[B])cc3C[B])CC(C(=O)OC(C)C(F)(F)S(=O)(=O)[O-])C2)c(C[B])c1.[B]Cc1cc(C[B])c(OC(=O)c2cc(C(=O)Oc3c(C[B])cc(C[B])cc3C[B])cc(C(=O)OC(C)C(F)(F)S(=O)(=O)[O-])c2)c(C[B])c1. The van der Waals surface area contributed by atoms with E-state index in [1.54, 1.807) is 48.5 Å². The highest BCUT2D eigenvalue weighted by Crippen LogP contribution is 2.43. The van der Waals surface area contributed by atoms with Gasteiger partial charge >= 0.3 is 70.4 Å². The molecule has 1 saturated carbocycles. The van der Waals surface area contributed by atoms with Crippen LogP contribution in [0.5, 0.6) is 34.5 Å². The molecule has 0 spiro atoms. The van der Waals surface area contributed by atoms with Crippen LogP contribution >= 0.6 is 0 Å². The lowest BCUT2D eigenvalue weighted by molar-refractivity contribution is -0.222. The fraction of sp³-hybridized carbons (Fsp3) is 0.407. The lowest BCUT2D eigenvalue weighted by atomic mass is 9.75. The van der Waals surface area contributed by atoms with Crippen LogP contribution in [0.15, 0.2) is 91.0 Å². The van der Waals surface area contributed by atoms with Crippen molar-refractivity contribution in [3.63, 3.8) is 0 Å². The van der Waals surface area contributed by atoms with Gasteiger partial charge in [-0.3, -0.25) is 19.2 Å². The van der Waals surface area contributed by atoms with Crippen molar-refractivity contribution >= 4 is 225 Å². The molecular formula is C86H74B18F7O27S3-3. The quantitative estimate of drug-likeness (QED) is 0.0101. The molecule has 0 bridgehead atoms. The van der Waals surface area contributed by atoms with Gasteiger partial charge in [0, 0.05) is 0 Å². The van der Waals surface area contributed by atoms with E-state index in [1.165, 1.54) is 24.3 Å². The van der Waals surface area contributed by atoms with Gasteiger partial charge in [-0.1, -0.05) is 220 Å². The van der Waals surface area contributed by atoms with Crippen molar-refractivity contribution in [3.8, 4) is 34.5 Å². The Morgan fingerprint density at radius 2 is 0.518 bits per heavy atom. The molecule has 8 rings (SSSR count). The van der Waals surface area contributed by atoms with Gasteiger partial charge in [0.1, 0.15) is 34.5 Å². The lowest BCUT2D eigenvalue weighted by Gasteiger charge is -2.33. The number of alkyl halides is 7. The Morgan fingerprint density at radius 1 is 0.305 bits per heavy atom. The molecule has 1 aliphatic rings. The van der Waals surface area contributed by atoms with E-state index in [9.17, 15) is 113 Å². The monoisotopic (exact) mass is 1970 g/mol. The second kappa shape index (κ2) is 52.1.